The third-order valence-corrected chi connectivity index (χ3v) is 6.90. The zero-order valence-corrected chi connectivity index (χ0v) is 19.6. The number of hydrogen-bond acceptors (Lipinski definition) is 6. The Kier molecular flexibility index (Phi) is 8.00. The first-order valence-electron chi connectivity index (χ1n) is 10.3. The number of amides is 1. The van der Waals surface area contributed by atoms with E-state index < -0.39 is 51.5 Å². The number of para-hydroxylation sites is 1. The molecule has 1 amide bonds. The van der Waals surface area contributed by atoms with Crippen molar-refractivity contribution in [2.75, 3.05) is 7.11 Å². The Morgan fingerprint density at radius 3 is 2.08 bits per heavy atom. The van der Waals surface area contributed by atoms with Crippen molar-refractivity contribution in [1.29, 1.82) is 0 Å². The Bertz CT molecular complexity index is 1330. The summed E-state index contributed by atoms with van der Waals surface area (Å²) in [6.07, 6.45) is -5.16. The summed E-state index contributed by atoms with van der Waals surface area (Å²) in [5.41, 5.74) is 6.32. The number of sulfonamides is 1. The molecule has 12 heteroatoms. The fourth-order valence-electron chi connectivity index (χ4n) is 3.47. The van der Waals surface area contributed by atoms with Crippen molar-refractivity contribution in [3.63, 3.8) is 0 Å². The highest BCUT2D eigenvalue weighted by Gasteiger charge is 2.40. The lowest BCUT2D eigenvalue weighted by molar-refractivity contribution is -0.275. The molecule has 0 aromatic heterocycles. The van der Waals surface area contributed by atoms with Crippen molar-refractivity contribution in [3.8, 4) is 5.75 Å². The number of ether oxygens (including phenoxy) is 2. The molecule has 0 saturated carbocycles. The molecule has 0 spiro atoms. The average molecular weight is 523 g/mol. The molecule has 3 aromatic rings. The Morgan fingerprint density at radius 1 is 0.944 bits per heavy atom. The lowest BCUT2D eigenvalue weighted by Gasteiger charge is -2.30. The van der Waals surface area contributed by atoms with Gasteiger partial charge in [-0.05, 0) is 35.4 Å². The fourth-order valence-corrected chi connectivity index (χ4v) is 5.15. The van der Waals surface area contributed by atoms with E-state index in [9.17, 15) is 31.2 Å². The van der Waals surface area contributed by atoms with Crippen molar-refractivity contribution in [1.82, 2.24) is 4.31 Å². The number of methoxy groups -OCH3 is 1. The molecular weight excluding hydrogens is 501 g/mol. The van der Waals surface area contributed by atoms with Crippen LogP contribution in [0.15, 0.2) is 83.8 Å². The molecule has 36 heavy (non-hydrogen) atoms. The number of rotatable bonds is 9. The van der Waals surface area contributed by atoms with Crippen LogP contribution in [0, 0.1) is 0 Å². The van der Waals surface area contributed by atoms with Crippen molar-refractivity contribution < 1.29 is 40.7 Å². The summed E-state index contributed by atoms with van der Waals surface area (Å²) in [6.45, 7) is -0.466. The molecule has 2 N–H and O–H groups in total. The first-order valence-corrected chi connectivity index (χ1v) is 11.8. The number of benzene rings is 3. The van der Waals surface area contributed by atoms with E-state index in [1.54, 1.807) is 18.2 Å². The number of halogens is 3. The average Bonchev–Trinajstić information content (AvgIpc) is 2.83. The van der Waals surface area contributed by atoms with Crippen molar-refractivity contribution in [2.45, 2.75) is 23.8 Å². The first kappa shape index (κ1) is 26.7. The quantitative estimate of drug-likeness (QED) is 0.428. The maximum atomic E-state index is 13.8. The minimum absolute atomic E-state index is 0.189. The monoisotopic (exact) mass is 522 g/mol. The van der Waals surface area contributed by atoms with Gasteiger partial charge in [-0.15, -0.1) is 13.2 Å². The number of nitrogens with two attached hydrogens (primary N) is 1. The van der Waals surface area contributed by atoms with Crippen LogP contribution in [-0.2, 0) is 26.1 Å². The van der Waals surface area contributed by atoms with Crippen molar-refractivity contribution in [2.24, 2.45) is 5.73 Å². The Labute approximate surface area is 205 Å². The van der Waals surface area contributed by atoms with Gasteiger partial charge in [0.25, 0.3) is 0 Å². The fraction of sp³-hybridized carbons (Fsp3) is 0.167. The largest absolute Gasteiger partial charge is 0.573 e. The van der Waals surface area contributed by atoms with Gasteiger partial charge >= 0.3 is 12.3 Å². The lowest BCUT2D eigenvalue weighted by atomic mass is 10.1. The smallest absolute Gasteiger partial charge is 0.465 e. The maximum absolute atomic E-state index is 13.8. The molecule has 0 aliphatic heterocycles. The lowest BCUT2D eigenvalue weighted by Crippen LogP contribution is -2.41. The van der Waals surface area contributed by atoms with Gasteiger partial charge in [0.2, 0.25) is 15.9 Å². The molecule has 0 bridgehead atoms. The third kappa shape index (κ3) is 6.20. The molecule has 0 aliphatic rings. The summed E-state index contributed by atoms with van der Waals surface area (Å²) in [6, 6.07) is 15.9. The highest BCUT2D eigenvalue weighted by Crippen LogP contribution is 2.36. The number of alkyl halides is 3. The van der Waals surface area contributed by atoms with Crippen LogP contribution in [0.25, 0.3) is 0 Å². The van der Waals surface area contributed by atoms with Gasteiger partial charge in [-0.25, -0.2) is 13.2 Å². The van der Waals surface area contributed by atoms with Crippen LogP contribution in [0.5, 0.6) is 5.75 Å². The number of esters is 1. The zero-order valence-electron chi connectivity index (χ0n) is 18.8. The molecule has 0 saturated heterocycles. The normalized spacial score (nSPS) is 12.7. The molecule has 0 fully saturated rings. The van der Waals surface area contributed by atoms with Gasteiger partial charge in [0.05, 0.1) is 12.7 Å². The Balaban J connectivity index is 2.16. The van der Waals surface area contributed by atoms with E-state index in [1.807, 2.05) is 0 Å². The van der Waals surface area contributed by atoms with Gasteiger partial charge in [-0.2, -0.15) is 4.31 Å². The van der Waals surface area contributed by atoms with Gasteiger partial charge in [-0.1, -0.05) is 54.6 Å². The van der Waals surface area contributed by atoms with E-state index in [2.05, 4.69) is 9.47 Å². The highest BCUT2D eigenvalue weighted by atomic mass is 32.2. The summed E-state index contributed by atoms with van der Waals surface area (Å²) in [7, 11) is -3.61. The van der Waals surface area contributed by atoms with E-state index >= 15 is 0 Å². The van der Waals surface area contributed by atoms with Crippen LogP contribution in [0.4, 0.5) is 13.2 Å². The van der Waals surface area contributed by atoms with E-state index in [0.717, 1.165) is 12.1 Å². The van der Waals surface area contributed by atoms with Gasteiger partial charge in [0.1, 0.15) is 16.7 Å². The second-order valence-corrected chi connectivity index (χ2v) is 9.31. The summed E-state index contributed by atoms with van der Waals surface area (Å²) < 4.78 is 75.8. The molecule has 190 valence electrons. The van der Waals surface area contributed by atoms with E-state index in [0.29, 0.717) is 9.87 Å². The third-order valence-electron chi connectivity index (χ3n) is 5.05. The number of hydrogen-bond donors (Lipinski definition) is 1. The zero-order chi connectivity index (χ0) is 26.5. The summed E-state index contributed by atoms with van der Waals surface area (Å²) in [5, 5.41) is 0. The van der Waals surface area contributed by atoms with Crippen LogP contribution in [0.1, 0.15) is 27.5 Å². The van der Waals surface area contributed by atoms with Crippen LogP contribution >= 0.6 is 0 Å². The number of carbonyl (C=O) groups excluding carboxylic acids is 2. The Hall–Kier alpha value is -3.90. The second kappa shape index (κ2) is 10.8. The van der Waals surface area contributed by atoms with Gasteiger partial charge < -0.3 is 15.2 Å². The second-order valence-electron chi connectivity index (χ2n) is 7.45. The number of primary amides is 1. The number of carbonyl (C=O) groups is 2. The van der Waals surface area contributed by atoms with Crippen LogP contribution in [0.2, 0.25) is 0 Å². The van der Waals surface area contributed by atoms with Crippen molar-refractivity contribution >= 4 is 21.9 Å². The first-order chi connectivity index (χ1) is 16.9. The van der Waals surface area contributed by atoms with E-state index in [1.165, 1.54) is 55.6 Å². The van der Waals surface area contributed by atoms with Gasteiger partial charge in [0, 0.05) is 6.54 Å². The topological polar surface area (TPSA) is 116 Å². The number of nitrogens with zero attached hydrogens (tertiary/aromatic N) is 1. The standard InChI is InChI=1S/C24H21F3N2O6S/c1-34-23(31)18-13-11-16(12-14-18)15-29(21(22(28)30)17-7-3-2-4-8-17)36(32,33)20-10-6-5-9-19(20)35-24(25,26)27/h2-14,21H,15H2,1H3,(H2,28,30). The summed E-state index contributed by atoms with van der Waals surface area (Å²) in [4.78, 5) is 23.5. The molecule has 0 radical (unpaired) electrons. The molecule has 3 rings (SSSR count). The minimum atomic E-state index is -5.16. The maximum Gasteiger partial charge on any atom is 0.573 e. The van der Waals surface area contributed by atoms with E-state index in [-0.39, 0.29) is 11.1 Å². The predicted octanol–water partition coefficient (Wildman–Crippen LogP) is 3.79. The van der Waals surface area contributed by atoms with Crippen LogP contribution in [-0.4, -0.2) is 38.1 Å². The van der Waals surface area contributed by atoms with Crippen molar-refractivity contribution in [3.05, 3.63) is 95.6 Å². The summed E-state index contributed by atoms with van der Waals surface area (Å²) in [5.74, 6) is -2.64. The molecule has 1 unspecified atom stereocenters. The molecule has 3 aromatic carbocycles. The molecular formula is C24H21F3N2O6S. The van der Waals surface area contributed by atoms with E-state index in [4.69, 9.17) is 5.73 Å². The predicted molar refractivity (Wildman–Crippen MR) is 122 cm³/mol. The van der Waals surface area contributed by atoms with Gasteiger partial charge in [0.15, 0.2) is 0 Å². The molecule has 0 heterocycles. The minimum Gasteiger partial charge on any atom is -0.465 e. The molecule has 8 nitrogen and oxygen atoms in total. The summed E-state index contributed by atoms with van der Waals surface area (Å²) >= 11 is 0. The molecule has 0 aliphatic carbocycles. The van der Waals surface area contributed by atoms with Gasteiger partial charge in [-0.3, -0.25) is 4.79 Å². The SMILES string of the molecule is COC(=O)c1ccc(CN(C(C(N)=O)c2ccccc2)S(=O)(=O)c2ccccc2OC(F)(F)F)cc1. The Morgan fingerprint density at radius 2 is 1.53 bits per heavy atom. The molecule has 1 atom stereocenters. The highest BCUT2D eigenvalue weighted by molar-refractivity contribution is 7.89. The van der Waals surface area contributed by atoms with Crippen LogP contribution < -0.4 is 10.5 Å². The van der Waals surface area contributed by atoms with Crippen LogP contribution in [0.3, 0.4) is 0 Å².